The Morgan fingerprint density at radius 1 is 1.32 bits per heavy atom. The lowest BCUT2D eigenvalue weighted by Gasteiger charge is -2.35. The third-order valence-corrected chi connectivity index (χ3v) is 5.82. The molecule has 28 heavy (non-hydrogen) atoms. The van der Waals surface area contributed by atoms with Crippen molar-refractivity contribution in [2.24, 2.45) is 0 Å². The van der Waals surface area contributed by atoms with E-state index in [0.717, 1.165) is 46.6 Å². The summed E-state index contributed by atoms with van der Waals surface area (Å²) in [5.74, 6) is 0.799. The number of halogens is 1. The largest absolute Gasteiger partial charge is 0.479 e. The van der Waals surface area contributed by atoms with Crippen molar-refractivity contribution < 1.29 is 9.53 Å². The van der Waals surface area contributed by atoms with Crippen LogP contribution in [0.2, 0.25) is 5.02 Å². The maximum atomic E-state index is 13.1. The molecular weight excluding hydrogens is 376 g/mol. The monoisotopic (exact) mass is 396 g/mol. The first kappa shape index (κ1) is 17.5. The van der Waals surface area contributed by atoms with Gasteiger partial charge in [0.05, 0.1) is 0 Å². The Bertz CT molecular complexity index is 1060. The van der Waals surface area contributed by atoms with Crippen LogP contribution >= 0.6 is 11.6 Å². The maximum Gasteiger partial charge on any atom is 0.264 e. The molecule has 1 aromatic carbocycles. The van der Waals surface area contributed by atoms with E-state index >= 15 is 0 Å². The number of rotatable bonds is 2. The smallest absolute Gasteiger partial charge is 0.264 e. The molecule has 0 spiro atoms. The molecule has 2 aliphatic rings. The fraction of sp³-hybridized carbons (Fsp3) is 0.333. The van der Waals surface area contributed by atoms with Crippen molar-refractivity contribution in [3.8, 4) is 16.9 Å². The molecule has 0 unspecified atom stereocenters. The number of aromatic amines is 1. The zero-order chi connectivity index (χ0) is 19.3. The molecule has 3 aromatic rings. The SMILES string of the molecule is C[C@@H]1CNCCN1C(=O)[C@@H]1Cc2cc(Cl)cc(-c3ccnc4[nH]ccc34)c2O1. The molecule has 0 saturated carbocycles. The number of H-pyrrole nitrogens is 1. The van der Waals surface area contributed by atoms with Crippen molar-refractivity contribution >= 4 is 28.5 Å². The standard InChI is InChI=1S/C21H21ClN4O2/c1-12-11-23-6-7-26(12)21(27)18-9-13-8-14(22)10-17(19(13)28-18)15-2-4-24-20-16(15)3-5-25-20/h2-5,8,10,12,18,23H,6-7,9,11H2,1H3,(H,24,25)/t12-,18+/m1/s1. The number of pyridine rings is 1. The van der Waals surface area contributed by atoms with Crippen molar-refractivity contribution in [3.05, 3.63) is 47.2 Å². The van der Waals surface area contributed by atoms with Gasteiger partial charge in [0.2, 0.25) is 0 Å². The van der Waals surface area contributed by atoms with Gasteiger partial charge < -0.3 is 19.9 Å². The van der Waals surface area contributed by atoms with E-state index in [2.05, 4.69) is 22.2 Å². The van der Waals surface area contributed by atoms with E-state index in [4.69, 9.17) is 16.3 Å². The van der Waals surface area contributed by atoms with Crippen LogP contribution in [0.3, 0.4) is 0 Å². The fourth-order valence-electron chi connectivity index (χ4n) is 4.21. The molecule has 2 atom stereocenters. The topological polar surface area (TPSA) is 70.2 Å². The predicted octanol–water partition coefficient (Wildman–Crippen LogP) is 3.01. The Balaban J connectivity index is 1.52. The normalized spacial score (nSPS) is 21.6. The van der Waals surface area contributed by atoms with Crippen LogP contribution in [0.15, 0.2) is 36.7 Å². The van der Waals surface area contributed by atoms with Gasteiger partial charge in [0, 0.05) is 66.0 Å². The Kier molecular flexibility index (Phi) is 4.25. The summed E-state index contributed by atoms with van der Waals surface area (Å²) in [5.41, 5.74) is 3.68. The molecule has 5 rings (SSSR count). The van der Waals surface area contributed by atoms with Crippen molar-refractivity contribution in [1.82, 2.24) is 20.2 Å². The second-order valence-electron chi connectivity index (χ2n) is 7.44. The molecule has 0 radical (unpaired) electrons. The number of carbonyl (C=O) groups excluding carboxylic acids is 1. The van der Waals surface area contributed by atoms with E-state index in [-0.39, 0.29) is 11.9 Å². The van der Waals surface area contributed by atoms with Crippen LogP contribution in [-0.4, -0.2) is 52.6 Å². The quantitative estimate of drug-likeness (QED) is 0.698. The van der Waals surface area contributed by atoms with Crippen molar-refractivity contribution in [1.29, 1.82) is 0 Å². The number of ether oxygens (including phenoxy) is 1. The van der Waals surface area contributed by atoms with Gasteiger partial charge in [-0.3, -0.25) is 4.79 Å². The number of fused-ring (bicyclic) bond motifs is 2. The van der Waals surface area contributed by atoms with Crippen molar-refractivity contribution in [2.45, 2.75) is 25.5 Å². The number of nitrogens with one attached hydrogen (secondary N) is 2. The van der Waals surface area contributed by atoms with Gasteiger partial charge in [0.15, 0.2) is 6.10 Å². The van der Waals surface area contributed by atoms with Gasteiger partial charge >= 0.3 is 0 Å². The zero-order valence-corrected chi connectivity index (χ0v) is 16.3. The molecule has 4 heterocycles. The van der Waals surface area contributed by atoms with Gasteiger partial charge in [-0.2, -0.15) is 0 Å². The highest BCUT2D eigenvalue weighted by Crippen LogP contribution is 2.43. The van der Waals surface area contributed by atoms with Gasteiger partial charge in [0.1, 0.15) is 11.4 Å². The van der Waals surface area contributed by atoms with Gasteiger partial charge in [-0.1, -0.05) is 11.6 Å². The first-order valence-corrected chi connectivity index (χ1v) is 9.92. The number of aromatic nitrogens is 2. The Hall–Kier alpha value is -2.57. The van der Waals surface area contributed by atoms with Crippen molar-refractivity contribution in [2.75, 3.05) is 19.6 Å². The summed E-state index contributed by atoms with van der Waals surface area (Å²) in [7, 11) is 0. The van der Waals surface area contributed by atoms with Crippen LogP contribution in [0.4, 0.5) is 0 Å². The number of piperazine rings is 1. The lowest BCUT2D eigenvalue weighted by Crippen LogP contribution is -2.55. The number of benzene rings is 1. The second kappa shape index (κ2) is 6.79. The molecule has 2 N–H and O–H groups in total. The van der Waals surface area contributed by atoms with Gasteiger partial charge in [-0.15, -0.1) is 0 Å². The molecule has 144 valence electrons. The average molecular weight is 397 g/mol. The summed E-state index contributed by atoms with van der Waals surface area (Å²) in [6, 6.07) is 7.92. The minimum absolute atomic E-state index is 0.0498. The summed E-state index contributed by atoms with van der Waals surface area (Å²) >= 11 is 6.42. The van der Waals surface area contributed by atoms with Crippen LogP contribution in [-0.2, 0) is 11.2 Å². The molecule has 1 fully saturated rings. The minimum atomic E-state index is -0.503. The number of carbonyl (C=O) groups is 1. The van der Waals surface area contributed by atoms with E-state index in [1.165, 1.54) is 0 Å². The third-order valence-electron chi connectivity index (χ3n) is 5.61. The third kappa shape index (κ3) is 2.84. The van der Waals surface area contributed by atoms with E-state index < -0.39 is 6.10 Å². The van der Waals surface area contributed by atoms with Crippen LogP contribution < -0.4 is 10.1 Å². The van der Waals surface area contributed by atoms with Crippen LogP contribution in [0.5, 0.6) is 5.75 Å². The highest BCUT2D eigenvalue weighted by molar-refractivity contribution is 6.31. The molecule has 7 heteroatoms. The molecule has 2 aliphatic heterocycles. The first-order valence-electron chi connectivity index (χ1n) is 9.54. The van der Waals surface area contributed by atoms with E-state index in [1.54, 1.807) is 6.20 Å². The summed E-state index contributed by atoms with van der Waals surface area (Å²) in [6.45, 7) is 4.40. The minimum Gasteiger partial charge on any atom is -0.479 e. The molecule has 2 aromatic heterocycles. The fourth-order valence-corrected chi connectivity index (χ4v) is 4.45. The first-order chi connectivity index (χ1) is 13.6. The van der Waals surface area contributed by atoms with Crippen LogP contribution in [0, 0.1) is 0 Å². The predicted molar refractivity (Wildman–Crippen MR) is 109 cm³/mol. The average Bonchev–Trinajstić information content (AvgIpc) is 3.33. The van der Waals surface area contributed by atoms with Gasteiger partial charge in [0.25, 0.3) is 5.91 Å². The molecule has 1 amide bonds. The molecule has 0 bridgehead atoms. The zero-order valence-electron chi connectivity index (χ0n) is 15.5. The molecule has 1 saturated heterocycles. The number of nitrogens with zero attached hydrogens (tertiary/aromatic N) is 2. The van der Waals surface area contributed by atoms with Gasteiger partial charge in [-0.25, -0.2) is 4.98 Å². The highest BCUT2D eigenvalue weighted by Gasteiger charge is 2.36. The van der Waals surface area contributed by atoms with Crippen molar-refractivity contribution in [3.63, 3.8) is 0 Å². The summed E-state index contributed by atoms with van der Waals surface area (Å²) < 4.78 is 6.24. The van der Waals surface area contributed by atoms with Crippen LogP contribution in [0.1, 0.15) is 12.5 Å². The summed E-state index contributed by atoms with van der Waals surface area (Å²) in [5, 5.41) is 4.96. The number of hydrogen-bond donors (Lipinski definition) is 2. The Labute approximate surface area is 167 Å². The van der Waals surface area contributed by atoms with E-state index in [0.29, 0.717) is 18.0 Å². The van der Waals surface area contributed by atoms with E-state index in [1.807, 2.05) is 35.4 Å². The number of amides is 1. The Morgan fingerprint density at radius 2 is 2.21 bits per heavy atom. The highest BCUT2D eigenvalue weighted by atomic mass is 35.5. The maximum absolute atomic E-state index is 13.1. The van der Waals surface area contributed by atoms with Crippen LogP contribution in [0.25, 0.3) is 22.2 Å². The molecule has 6 nitrogen and oxygen atoms in total. The molecular formula is C21H21ClN4O2. The number of hydrogen-bond acceptors (Lipinski definition) is 4. The summed E-state index contributed by atoms with van der Waals surface area (Å²) in [6.07, 6.45) is 3.67. The Morgan fingerprint density at radius 3 is 3.07 bits per heavy atom. The van der Waals surface area contributed by atoms with Gasteiger partial charge in [-0.05, 0) is 36.8 Å². The van der Waals surface area contributed by atoms with E-state index in [9.17, 15) is 4.79 Å². The lowest BCUT2D eigenvalue weighted by molar-refractivity contribution is -0.140. The molecule has 0 aliphatic carbocycles. The second-order valence-corrected chi connectivity index (χ2v) is 7.87. The lowest BCUT2D eigenvalue weighted by atomic mass is 9.99. The summed E-state index contributed by atoms with van der Waals surface area (Å²) in [4.78, 5) is 22.5.